The van der Waals surface area contributed by atoms with Crippen LogP contribution in [0.5, 0.6) is 0 Å². The minimum Gasteiger partial charge on any atom is -0.464 e. The first kappa shape index (κ1) is 14.4. The van der Waals surface area contributed by atoms with Gasteiger partial charge in [0, 0.05) is 28.0 Å². The molecule has 3 rings (SSSR count). The largest absolute Gasteiger partial charge is 0.464 e. The molecule has 1 heterocycles. The first-order valence-corrected chi connectivity index (χ1v) is 7.94. The summed E-state index contributed by atoms with van der Waals surface area (Å²) in [6.07, 6.45) is 2.87. The quantitative estimate of drug-likeness (QED) is 0.711. The molecule has 0 aliphatic carbocycles. The lowest BCUT2D eigenvalue weighted by molar-refractivity contribution is 0.539. The second-order valence-corrected chi connectivity index (χ2v) is 6.29. The Hall–Kier alpha value is -1.58. The summed E-state index contributed by atoms with van der Waals surface area (Å²) in [5.74, 6) is 0. The van der Waals surface area contributed by atoms with Crippen molar-refractivity contribution in [2.75, 3.05) is 0 Å². The average molecular weight is 344 g/mol. The fourth-order valence-electron chi connectivity index (χ4n) is 2.50. The van der Waals surface area contributed by atoms with Crippen molar-refractivity contribution in [2.45, 2.75) is 25.9 Å². The van der Waals surface area contributed by atoms with E-state index in [1.807, 2.05) is 24.5 Å². The van der Waals surface area contributed by atoms with E-state index in [0.29, 0.717) is 6.04 Å². The molecule has 0 radical (unpaired) electrons. The summed E-state index contributed by atoms with van der Waals surface area (Å²) < 4.78 is 6.69. The number of rotatable bonds is 5. The van der Waals surface area contributed by atoms with Crippen molar-refractivity contribution in [2.24, 2.45) is 0 Å². The van der Waals surface area contributed by atoms with Crippen LogP contribution in [-0.4, -0.2) is 6.04 Å². The summed E-state index contributed by atoms with van der Waals surface area (Å²) in [4.78, 5) is 0. The summed E-state index contributed by atoms with van der Waals surface area (Å²) >= 11 is 3.47. The number of para-hydroxylation sites is 1. The van der Waals surface area contributed by atoms with Gasteiger partial charge in [0.05, 0.1) is 6.26 Å². The maximum atomic E-state index is 5.57. The Morgan fingerprint density at radius 2 is 1.86 bits per heavy atom. The maximum absolute atomic E-state index is 5.57. The van der Waals surface area contributed by atoms with E-state index < -0.39 is 0 Å². The summed E-state index contributed by atoms with van der Waals surface area (Å²) in [7, 11) is 0. The number of hydrogen-bond acceptors (Lipinski definition) is 2. The van der Waals surface area contributed by atoms with Gasteiger partial charge in [-0.05, 0) is 37.1 Å². The van der Waals surface area contributed by atoms with Gasteiger partial charge in [-0.2, -0.15) is 0 Å². The van der Waals surface area contributed by atoms with Crippen LogP contribution in [0.25, 0.3) is 11.0 Å². The van der Waals surface area contributed by atoms with Gasteiger partial charge >= 0.3 is 0 Å². The summed E-state index contributed by atoms with van der Waals surface area (Å²) in [6, 6.07) is 17.1. The normalized spacial score (nSPS) is 12.7. The Morgan fingerprint density at radius 3 is 2.67 bits per heavy atom. The molecule has 0 aliphatic heterocycles. The van der Waals surface area contributed by atoms with Crippen LogP contribution in [0.2, 0.25) is 0 Å². The minimum absolute atomic E-state index is 0.417. The van der Waals surface area contributed by atoms with E-state index in [2.05, 4.69) is 58.5 Å². The maximum Gasteiger partial charge on any atom is 0.134 e. The van der Waals surface area contributed by atoms with Crippen LogP contribution in [0.1, 0.15) is 18.1 Å². The molecule has 0 spiro atoms. The van der Waals surface area contributed by atoms with Crippen molar-refractivity contribution in [3.05, 3.63) is 70.4 Å². The number of halogens is 1. The molecular weight excluding hydrogens is 326 g/mol. The molecule has 0 saturated carbocycles. The highest BCUT2D eigenvalue weighted by Crippen LogP contribution is 2.20. The van der Waals surface area contributed by atoms with Gasteiger partial charge < -0.3 is 9.73 Å². The van der Waals surface area contributed by atoms with Crippen LogP contribution in [0.15, 0.2) is 63.7 Å². The molecule has 2 aromatic carbocycles. The standard InChI is InChI=1S/C18H18BrNO/c1-13(10-14-6-8-16(19)9-7-14)20-11-15-12-21-18-5-3-2-4-17(15)18/h2-9,12-13,20H,10-11H2,1H3. The second-order valence-electron chi connectivity index (χ2n) is 5.37. The summed E-state index contributed by atoms with van der Waals surface area (Å²) in [6.45, 7) is 3.04. The molecule has 0 fully saturated rings. The second kappa shape index (κ2) is 6.46. The van der Waals surface area contributed by atoms with Crippen molar-refractivity contribution in [3.8, 4) is 0 Å². The van der Waals surface area contributed by atoms with Crippen molar-refractivity contribution in [3.63, 3.8) is 0 Å². The van der Waals surface area contributed by atoms with E-state index >= 15 is 0 Å². The van der Waals surface area contributed by atoms with Crippen molar-refractivity contribution in [1.82, 2.24) is 5.32 Å². The van der Waals surface area contributed by atoms with Gasteiger partial charge in [-0.15, -0.1) is 0 Å². The number of hydrogen-bond donors (Lipinski definition) is 1. The van der Waals surface area contributed by atoms with E-state index in [4.69, 9.17) is 4.42 Å². The van der Waals surface area contributed by atoms with Crippen LogP contribution in [0.3, 0.4) is 0 Å². The SMILES string of the molecule is CC(Cc1ccc(Br)cc1)NCc1coc2ccccc12. The molecule has 3 heteroatoms. The molecule has 1 unspecified atom stereocenters. The molecular formula is C18H18BrNO. The highest BCUT2D eigenvalue weighted by Gasteiger charge is 2.07. The zero-order valence-corrected chi connectivity index (χ0v) is 13.6. The topological polar surface area (TPSA) is 25.2 Å². The summed E-state index contributed by atoms with van der Waals surface area (Å²) in [5, 5.41) is 4.76. The minimum atomic E-state index is 0.417. The molecule has 1 aromatic heterocycles. The molecule has 0 aliphatic rings. The van der Waals surface area contributed by atoms with Gasteiger partial charge in [0.25, 0.3) is 0 Å². The zero-order valence-electron chi connectivity index (χ0n) is 12.0. The number of fused-ring (bicyclic) bond motifs is 1. The summed E-state index contributed by atoms with van der Waals surface area (Å²) in [5.41, 5.74) is 3.51. The Labute approximate surface area is 133 Å². The Balaban J connectivity index is 1.60. The van der Waals surface area contributed by atoms with Gasteiger partial charge in [-0.3, -0.25) is 0 Å². The number of nitrogens with one attached hydrogen (secondary N) is 1. The van der Waals surface area contributed by atoms with E-state index in [0.717, 1.165) is 23.0 Å². The van der Waals surface area contributed by atoms with Crippen molar-refractivity contribution < 1.29 is 4.42 Å². The third-order valence-electron chi connectivity index (χ3n) is 3.66. The lowest BCUT2D eigenvalue weighted by atomic mass is 10.1. The number of furan rings is 1. The fourth-order valence-corrected chi connectivity index (χ4v) is 2.76. The van der Waals surface area contributed by atoms with Crippen LogP contribution >= 0.6 is 15.9 Å². The lowest BCUT2D eigenvalue weighted by Gasteiger charge is -2.13. The third kappa shape index (κ3) is 3.55. The average Bonchev–Trinajstić information content (AvgIpc) is 2.91. The van der Waals surface area contributed by atoms with E-state index in [-0.39, 0.29) is 0 Å². The predicted molar refractivity (Wildman–Crippen MR) is 90.4 cm³/mol. The molecule has 0 bridgehead atoms. The lowest BCUT2D eigenvalue weighted by Crippen LogP contribution is -2.27. The van der Waals surface area contributed by atoms with E-state index in [1.165, 1.54) is 16.5 Å². The number of benzene rings is 2. The molecule has 3 aromatic rings. The fraction of sp³-hybridized carbons (Fsp3) is 0.222. The van der Waals surface area contributed by atoms with Gasteiger partial charge in [0.15, 0.2) is 0 Å². The zero-order chi connectivity index (χ0) is 14.7. The van der Waals surface area contributed by atoms with Crippen LogP contribution in [0, 0.1) is 0 Å². The molecule has 0 saturated heterocycles. The highest BCUT2D eigenvalue weighted by atomic mass is 79.9. The van der Waals surface area contributed by atoms with Crippen molar-refractivity contribution >= 4 is 26.9 Å². The first-order chi connectivity index (χ1) is 10.2. The van der Waals surface area contributed by atoms with Crippen molar-refractivity contribution in [1.29, 1.82) is 0 Å². The molecule has 108 valence electrons. The highest BCUT2D eigenvalue weighted by molar-refractivity contribution is 9.10. The van der Waals surface area contributed by atoms with Gasteiger partial charge in [0.2, 0.25) is 0 Å². The molecule has 0 amide bonds. The van der Waals surface area contributed by atoms with Gasteiger partial charge in [-0.1, -0.05) is 46.3 Å². The van der Waals surface area contributed by atoms with E-state index in [1.54, 1.807) is 0 Å². The molecule has 1 N–H and O–H groups in total. The third-order valence-corrected chi connectivity index (χ3v) is 4.19. The predicted octanol–water partition coefficient (Wildman–Crippen LogP) is 4.92. The van der Waals surface area contributed by atoms with E-state index in [9.17, 15) is 0 Å². The monoisotopic (exact) mass is 343 g/mol. The van der Waals surface area contributed by atoms with Gasteiger partial charge in [-0.25, -0.2) is 0 Å². The molecule has 21 heavy (non-hydrogen) atoms. The Kier molecular flexibility index (Phi) is 4.42. The van der Waals surface area contributed by atoms with Crippen LogP contribution in [-0.2, 0) is 13.0 Å². The first-order valence-electron chi connectivity index (χ1n) is 7.15. The van der Waals surface area contributed by atoms with Gasteiger partial charge in [0.1, 0.15) is 5.58 Å². The van der Waals surface area contributed by atoms with Crippen LogP contribution < -0.4 is 5.32 Å². The Morgan fingerprint density at radius 1 is 1.10 bits per heavy atom. The molecule has 1 atom stereocenters. The Bertz CT molecular complexity index is 717. The van der Waals surface area contributed by atoms with Crippen LogP contribution in [0.4, 0.5) is 0 Å². The smallest absolute Gasteiger partial charge is 0.134 e. The molecule has 2 nitrogen and oxygen atoms in total.